The number of ether oxygens (including phenoxy) is 3. The predicted octanol–water partition coefficient (Wildman–Crippen LogP) is 2.79. The first kappa shape index (κ1) is 20.6. The number of piperidine rings is 1. The molecule has 0 atom stereocenters. The number of anilines is 1. The van der Waals surface area contributed by atoms with Crippen LogP contribution < -0.4 is 25.1 Å². The van der Waals surface area contributed by atoms with Gasteiger partial charge in [0.05, 0.1) is 19.9 Å². The van der Waals surface area contributed by atoms with E-state index in [9.17, 15) is 9.59 Å². The zero-order chi connectivity index (χ0) is 21.0. The topological polar surface area (TPSA) is 82.0 Å². The van der Waals surface area contributed by atoms with Crippen molar-refractivity contribution in [3.8, 4) is 17.2 Å². The lowest BCUT2D eigenvalue weighted by molar-refractivity contribution is 0.115. The molecule has 1 aromatic heterocycles. The molecule has 8 nitrogen and oxygen atoms in total. The molecule has 156 valence electrons. The quantitative estimate of drug-likeness (QED) is 0.833. The molecule has 0 aliphatic carbocycles. The maximum Gasteiger partial charge on any atom is 0.321 e. The minimum Gasteiger partial charge on any atom is -0.497 e. The zero-order valence-corrected chi connectivity index (χ0v) is 17.2. The summed E-state index contributed by atoms with van der Waals surface area (Å²) in [7, 11) is 4.86. The van der Waals surface area contributed by atoms with Crippen molar-refractivity contribution in [2.45, 2.75) is 25.9 Å². The van der Waals surface area contributed by atoms with E-state index >= 15 is 0 Å². The third-order valence-corrected chi connectivity index (χ3v) is 5.16. The Bertz CT molecular complexity index is 932. The minimum absolute atomic E-state index is 0.0268. The molecule has 29 heavy (non-hydrogen) atoms. The highest BCUT2D eigenvalue weighted by atomic mass is 16.5. The van der Waals surface area contributed by atoms with Gasteiger partial charge in [-0.3, -0.25) is 4.79 Å². The highest BCUT2D eigenvalue weighted by Gasteiger charge is 2.25. The fourth-order valence-electron chi connectivity index (χ4n) is 3.27. The second-order valence-electron chi connectivity index (χ2n) is 7.03. The summed E-state index contributed by atoms with van der Waals surface area (Å²) >= 11 is 0. The average Bonchev–Trinajstić information content (AvgIpc) is 2.72. The maximum absolute atomic E-state index is 12.6. The molecule has 2 heterocycles. The number of aromatic nitrogens is 1. The van der Waals surface area contributed by atoms with E-state index in [0.29, 0.717) is 48.9 Å². The number of hydrogen-bond acceptors (Lipinski definition) is 5. The molecule has 1 aromatic carbocycles. The number of nitrogens with zero attached hydrogens (tertiary/aromatic N) is 2. The van der Waals surface area contributed by atoms with Crippen molar-refractivity contribution < 1.29 is 19.0 Å². The van der Waals surface area contributed by atoms with Gasteiger partial charge in [0.1, 0.15) is 23.4 Å². The molecule has 0 radical (unpaired) electrons. The van der Waals surface area contributed by atoms with Gasteiger partial charge in [0.15, 0.2) is 0 Å². The fraction of sp³-hybridized carbons (Fsp3) is 0.429. The van der Waals surface area contributed by atoms with Crippen LogP contribution in [0.15, 0.2) is 35.1 Å². The number of nitrogens with one attached hydrogen (secondary N) is 1. The van der Waals surface area contributed by atoms with Crippen molar-refractivity contribution >= 4 is 11.7 Å². The van der Waals surface area contributed by atoms with E-state index in [1.807, 2.05) is 13.0 Å². The third kappa shape index (κ3) is 4.82. The molecule has 0 spiro atoms. The lowest BCUT2D eigenvalue weighted by Crippen LogP contribution is -2.43. The van der Waals surface area contributed by atoms with Crippen molar-refractivity contribution in [1.82, 2.24) is 9.47 Å². The van der Waals surface area contributed by atoms with E-state index in [2.05, 4.69) is 5.32 Å². The van der Waals surface area contributed by atoms with Crippen LogP contribution in [0, 0.1) is 6.92 Å². The molecule has 2 aromatic rings. The summed E-state index contributed by atoms with van der Waals surface area (Å²) in [4.78, 5) is 26.3. The van der Waals surface area contributed by atoms with E-state index in [4.69, 9.17) is 14.2 Å². The summed E-state index contributed by atoms with van der Waals surface area (Å²) in [6.45, 7) is 3.01. The van der Waals surface area contributed by atoms with Gasteiger partial charge in [0.25, 0.3) is 5.56 Å². The highest BCUT2D eigenvalue weighted by Crippen LogP contribution is 2.29. The zero-order valence-electron chi connectivity index (χ0n) is 17.2. The summed E-state index contributed by atoms with van der Waals surface area (Å²) in [6, 6.07) is 8.42. The van der Waals surface area contributed by atoms with Gasteiger partial charge in [-0.25, -0.2) is 4.79 Å². The van der Waals surface area contributed by atoms with Gasteiger partial charge < -0.3 is 29.0 Å². The Morgan fingerprint density at radius 2 is 1.79 bits per heavy atom. The number of aryl methyl sites for hydroxylation is 1. The van der Waals surface area contributed by atoms with E-state index in [-0.39, 0.29) is 17.7 Å². The Labute approximate surface area is 170 Å². The number of amides is 2. The van der Waals surface area contributed by atoms with Crippen LogP contribution >= 0.6 is 0 Å². The average molecular weight is 401 g/mol. The second kappa shape index (κ2) is 8.89. The molecule has 0 saturated carbocycles. The smallest absolute Gasteiger partial charge is 0.321 e. The van der Waals surface area contributed by atoms with Crippen LogP contribution in [0.4, 0.5) is 10.5 Å². The van der Waals surface area contributed by atoms with Gasteiger partial charge in [-0.2, -0.15) is 0 Å². The summed E-state index contributed by atoms with van der Waals surface area (Å²) in [6.07, 6.45) is 1.36. The number of carbonyl (C=O) groups is 1. The summed E-state index contributed by atoms with van der Waals surface area (Å²) in [5.74, 6) is 1.78. The largest absolute Gasteiger partial charge is 0.497 e. The van der Waals surface area contributed by atoms with E-state index in [1.54, 1.807) is 48.9 Å². The molecule has 1 aliphatic rings. The minimum atomic E-state index is -0.184. The molecular weight excluding hydrogens is 374 g/mol. The molecule has 1 fully saturated rings. The Morgan fingerprint density at radius 3 is 2.41 bits per heavy atom. The number of pyridine rings is 1. The van der Waals surface area contributed by atoms with Gasteiger partial charge in [-0.15, -0.1) is 0 Å². The van der Waals surface area contributed by atoms with Gasteiger partial charge in [0, 0.05) is 50.8 Å². The van der Waals surface area contributed by atoms with Crippen LogP contribution in [-0.2, 0) is 7.05 Å². The van der Waals surface area contributed by atoms with Crippen LogP contribution in [0.1, 0.15) is 18.5 Å². The number of carbonyl (C=O) groups excluding carboxylic acids is 1. The van der Waals surface area contributed by atoms with Gasteiger partial charge in [-0.1, -0.05) is 0 Å². The van der Waals surface area contributed by atoms with Gasteiger partial charge in [-0.05, 0) is 25.1 Å². The Hall–Kier alpha value is -3.16. The molecule has 0 bridgehead atoms. The molecule has 2 amide bonds. The number of rotatable bonds is 5. The lowest BCUT2D eigenvalue weighted by atomic mass is 10.1. The van der Waals surface area contributed by atoms with E-state index in [0.717, 1.165) is 5.69 Å². The Morgan fingerprint density at radius 1 is 1.07 bits per heavy atom. The summed E-state index contributed by atoms with van der Waals surface area (Å²) < 4.78 is 18.1. The summed E-state index contributed by atoms with van der Waals surface area (Å²) in [5, 5.41) is 2.89. The van der Waals surface area contributed by atoms with Crippen LogP contribution in [0.3, 0.4) is 0 Å². The molecule has 1 aliphatic heterocycles. The lowest BCUT2D eigenvalue weighted by Gasteiger charge is -2.32. The van der Waals surface area contributed by atoms with Crippen molar-refractivity contribution in [2.75, 3.05) is 32.6 Å². The van der Waals surface area contributed by atoms with Gasteiger partial charge >= 0.3 is 6.03 Å². The number of methoxy groups -OCH3 is 2. The van der Waals surface area contributed by atoms with Gasteiger partial charge in [0.2, 0.25) is 0 Å². The van der Waals surface area contributed by atoms with Crippen LogP contribution in [0.2, 0.25) is 0 Å². The molecule has 3 rings (SSSR count). The van der Waals surface area contributed by atoms with Crippen molar-refractivity contribution in [2.24, 2.45) is 7.05 Å². The first-order chi connectivity index (χ1) is 13.9. The third-order valence-electron chi connectivity index (χ3n) is 5.16. The summed E-state index contributed by atoms with van der Waals surface area (Å²) in [5.41, 5.74) is 1.34. The molecule has 8 heteroatoms. The first-order valence-electron chi connectivity index (χ1n) is 9.53. The van der Waals surface area contributed by atoms with Crippen molar-refractivity contribution in [3.05, 3.63) is 46.4 Å². The molecule has 0 unspecified atom stereocenters. The molecule has 1 saturated heterocycles. The number of hydrogen-bond donors (Lipinski definition) is 1. The number of urea groups is 1. The fourth-order valence-corrected chi connectivity index (χ4v) is 3.27. The highest BCUT2D eigenvalue weighted by molar-refractivity contribution is 5.91. The monoisotopic (exact) mass is 401 g/mol. The van der Waals surface area contributed by atoms with E-state index in [1.165, 1.54) is 6.07 Å². The van der Waals surface area contributed by atoms with Crippen LogP contribution in [0.25, 0.3) is 0 Å². The predicted molar refractivity (Wildman–Crippen MR) is 110 cm³/mol. The van der Waals surface area contributed by atoms with Crippen molar-refractivity contribution in [1.29, 1.82) is 0 Å². The number of benzene rings is 1. The van der Waals surface area contributed by atoms with Crippen LogP contribution in [-0.4, -0.2) is 48.9 Å². The number of likely N-dealkylation sites (tertiary alicyclic amines) is 1. The Kier molecular flexibility index (Phi) is 6.31. The maximum atomic E-state index is 12.6. The molecular formula is C21H27N3O5. The van der Waals surface area contributed by atoms with Crippen LogP contribution in [0.5, 0.6) is 17.2 Å². The Balaban J connectivity index is 1.56. The SMILES string of the molecule is COc1ccc(NC(=O)N2CCC(Oc3cc(C)n(C)c(=O)c3)CC2)c(OC)c1. The second-order valence-corrected chi connectivity index (χ2v) is 7.03. The van der Waals surface area contributed by atoms with E-state index < -0.39 is 0 Å². The standard InChI is InChI=1S/C21H27N3O5/c1-14-11-17(13-20(25)23(14)2)29-15-7-9-24(10-8-15)21(26)22-18-6-5-16(27-3)12-19(18)28-4/h5-6,11-13,15H,7-10H2,1-4H3,(H,22,26). The first-order valence-corrected chi connectivity index (χ1v) is 9.53. The van der Waals surface area contributed by atoms with Crippen molar-refractivity contribution in [3.63, 3.8) is 0 Å². The normalized spacial score (nSPS) is 14.4. The molecule has 1 N–H and O–H groups in total.